The molecule has 0 aromatic carbocycles. The van der Waals surface area contributed by atoms with Gasteiger partial charge in [0.1, 0.15) is 6.61 Å². The third-order valence-corrected chi connectivity index (χ3v) is 4.47. The zero-order chi connectivity index (χ0) is 13.7. The number of nitrogens with zero attached hydrogens (tertiary/aromatic N) is 1. The molecule has 0 saturated carbocycles. The van der Waals surface area contributed by atoms with Crippen LogP contribution in [0, 0.1) is 11.8 Å². The van der Waals surface area contributed by atoms with Crippen LogP contribution in [0.2, 0.25) is 0 Å². The van der Waals surface area contributed by atoms with Crippen LogP contribution in [0.25, 0.3) is 0 Å². The Kier molecular flexibility index (Phi) is 5.00. The first kappa shape index (κ1) is 14.5. The second kappa shape index (κ2) is 6.53. The van der Waals surface area contributed by atoms with Crippen molar-refractivity contribution in [3.8, 4) is 11.8 Å². The van der Waals surface area contributed by atoms with Gasteiger partial charge in [-0.3, -0.25) is 4.90 Å². The lowest BCUT2D eigenvalue weighted by Gasteiger charge is -2.21. The minimum absolute atomic E-state index is 0.0888. The summed E-state index contributed by atoms with van der Waals surface area (Å²) in [6.07, 6.45) is 2.78. The molecule has 2 heterocycles. The SMILES string of the molecule is C[C@@]1(O)CCCN(Cc2ccc(C#CCO)s2)CC1. The Labute approximate surface area is 118 Å². The lowest BCUT2D eigenvalue weighted by atomic mass is 9.98. The lowest BCUT2D eigenvalue weighted by Crippen LogP contribution is -2.27. The van der Waals surface area contributed by atoms with Gasteiger partial charge in [0.05, 0.1) is 10.5 Å². The molecule has 1 aromatic heterocycles. The van der Waals surface area contributed by atoms with Gasteiger partial charge in [-0.25, -0.2) is 0 Å². The van der Waals surface area contributed by atoms with E-state index in [1.54, 1.807) is 11.3 Å². The molecule has 19 heavy (non-hydrogen) atoms. The summed E-state index contributed by atoms with van der Waals surface area (Å²) in [5.74, 6) is 5.61. The highest BCUT2D eigenvalue weighted by molar-refractivity contribution is 7.12. The Hall–Kier alpha value is -0.860. The van der Waals surface area contributed by atoms with Crippen LogP contribution in [-0.4, -0.2) is 40.4 Å². The first-order valence-electron chi connectivity index (χ1n) is 6.72. The highest BCUT2D eigenvalue weighted by Crippen LogP contribution is 2.24. The predicted octanol–water partition coefficient (Wildman–Crippen LogP) is 1.83. The number of aliphatic hydroxyl groups is 2. The van der Waals surface area contributed by atoms with Gasteiger partial charge in [0.15, 0.2) is 0 Å². The molecule has 0 radical (unpaired) electrons. The normalized spacial score (nSPS) is 24.6. The van der Waals surface area contributed by atoms with Gasteiger partial charge in [0, 0.05) is 18.0 Å². The van der Waals surface area contributed by atoms with Crippen LogP contribution in [0.5, 0.6) is 0 Å². The van der Waals surface area contributed by atoms with Crippen LogP contribution in [0.4, 0.5) is 0 Å². The third kappa shape index (κ3) is 4.63. The Morgan fingerprint density at radius 1 is 1.37 bits per heavy atom. The van der Waals surface area contributed by atoms with Crippen molar-refractivity contribution in [3.63, 3.8) is 0 Å². The van der Waals surface area contributed by atoms with Gasteiger partial charge in [-0.05, 0) is 44.9 Å². The number of rotatable bonds is 2. The fourth-order valence-corrected chi connectivity index (χ4v) is 3.28. The molecule has 1 aliphatic rings. The zero-order valence-corrected chi connectivity index (χ0v) is 12.2. The predicted molar refractivity (Wildman–Crippen MR) is 78.0 cm³/mol. The molecular formula is C15H21NO2S. The average molecular weight is 279 g/mol. The second-order valence-electron chi connectivity index (χ2n) is 5.35. The molecule has 1 saturated heterocycles. The van der Waals surface area contributed by atoms with E-state index < -0.39 is 5.60 Å². The van der Waals surface area contributed by atoms with E-state index in [-0.39, 0.29) is 6.61 Å². The van der Waals surface area contributed by atoms with Crippen LogP contribution < -0.4 is 0 Å². The molecule has 0 aliphatic carbocycles. The monoisotopic (exact) mass is 279 g/mol. The molecule has 2 N–H and O–H groups in total. The van der Waals surface area contributed by atoms with Gasteiger partial charge in [0.25, 0.3) is 0 Å². The molecule has 104 valence electrons. The maximum absolute atomic E-state index is 10.1. The molecule has 1 aliphatic heterocycles. The van der Waals surface area contributed by atoms with Crippen molar-refractivity contribution in [1.29, 1.82) is 0 Å². The summed E-state index contributed by atoms with van der Waals surface area (Å²) in [6, 6.07) is 4.12. The van der Waals surface area contributed by atoms with Gasteiger partial charge in [-0.15, -0.1) is 11.3 Å². The summed E-state index contributed by atoms with van der Waals surface area (Å²) in [5, 5.41) is 18.7. The van der Waals surface area contributed by atoms with Crippen molar-refractivity contribution in [3.05, 3.63) is 21.9 Å². The zero-order valence-electron chi connectivity index (χ0n) is 11.4. The van der Waals surface area contributed by atoms with E-state index in [1.807, 2.05) is 13.0 Å². The minimum atomic E-state index is -0.498. The van der Waals surface area contributed by atoms with E-state index in [4.69, 9.17) is 5.11 Å². The number of hydrogen-bond donors (Lipinski definition) is 2. The molecule has 2 rings (SSSR count). The van der Waals surface area contributed by atoms with Crippen molar-refractivity contribution in [2.45, 2.75) is 38.3 Å². The Morgan fingerprint density at radius 3 is 3.00 bits per heavy atom. The molecule has 0 amide bonds. The lowest BCUT2D eigenvalue weighted by molar-refractivity contribution is 0.0444. The van der Waals surface area contributed by atoms with Gasteiger partial charge < -0.3 is 10.2 Å². The van der Waals surface area contributed by atoms with Crippen LogP contribution in [0.3, 0.4) is 0 Å². The molecule has 0 bridgehead atoms. The molecule has 0 unspecified atom stereocenters. The molecule has 1 atom stereocenters. The number of thiophene rings is 1. The van der Waals surface area contributed by atoms with Crippen molar-refractivity contribution < 1.29 is 10.2 Å². The van der Waals surface area contributed by atoms with E-state index in [9.17, 15) is 5.11 Å². The van der Waals surface area contributed by atoms with Crippen LogP contribution in [0.1, 0.15) is 35.9 Å². The fraction of sp³-hybridized carbons (Fsp3) is 0.600. The van der Waals surface area contributed by atoms with Gasteiger partial charge >= 0.3 is 0 Å². The quantitative estimate of drug-likeness (QED) is 0.812. The highest BCUT2D eigenvalue weighted by atomic mass is 32.1. The number of likely N-dealkylation sites (tertiary alicyclic amines) is 1. The first-order chi connectivity index (χ1) is 9.09. The maximum atomic E-state index is 10.1. The summed E-state index contributed by atoms with van der Waals surface area (Å²) < 4.78 is 0. The average Bonchev–Trinajstić information content (AvgIpc) is 2.73. The third-order valence-electron chi connectivity index (χ3n) is 3.49. The van der Waals surface area contributed by atoms with E-state index in [2.05, 4.69) is 22.8 Å². The molecule has 4 heteroatoms. The summed E-state index contributed by atoms with van der Waals surface area (Å²) >= 11 is 1.68. The smallest absolute Gasteiger partial charge is 0.104 e. The highest BCUT2D eigenvalue weighted by Gasteiger charge is 2.24. The van der Waals surface area contributed by atoms with Crippen molar-refractivity contribution in [2.24, 2.45) is 0 Å². The standard InChI is InChI=1S/C15H21NO2S/c1-15(18)7-3-9-16(10-8-15)12-14-6-5-13(19-14)4-2-11-17/h5-6,17-18H,3,7-12H2,1H3/t15-/m1/s1. The van der Waals surface area contributed by atoms with Crippen LogP contribution >= 0.6 is 11.3 Å². The Bertz CT molecular complexity index is 470. The largest absolute Gasteiger partial charge is 0.390 e. The van der Waals surface area contributed by atoms with Crippen molar-refractivity contribution in [1.82, 2.24) is 4.90 Å². The molecule has 1 aromatic rings. The summed E-state index contributed by atoms with van der Waals surface area (Å²) in [5.41, 5.74) is -0.498. The summed E-state index contributed by atoms with van der Waals surface area (Å²) in [6.45, 7) is 4.77. The minimum Gasteiger partial charge on any atom is -0.390 e. The topological polar surface area (TPSA) is 43.7 Å². The fourth-order valence-electron chi connectivity index (χ4n) is 2.35. The summed E-state index contributed by atoms with van der Waals surface area (Å²) in [7, 11) is 0. The first-order valence-corrected chi connectivity index (χ1v) is 7.54. The van der Waals surface area contributed by atoms with Crippen molar-refractivity contribution >= 4 is 11.3 Å². The van der Waals surface area contributed by atoms with Gasteiger partial charge in [-0.2, -0.15) is 0 Å². The van der Waals surface area contributed by atoms with Gasteiger partial charge in [-0.1, -0.05) is 11.8 Å². The van der Waals surface area contributed by atoms with Crippen molar-refractivity contribution in [2.75, 3.05) is 19.7 Å². The molecular weight excluding hydrogens is 258 g/mol. The van der Waals surface area contributed by atoms with Gasteiger partial charge in [0.2, 0.25) is 0 Å². The van der Waals surface area contributed by atoms with Crippen LogP contribution in [-0.2, 0) is 6.54 Å². The van der Waals surface area contributed by atoms with E-state index in [0.717, 1.165) is 43.8 Å². The van der Waals surface area contributed by atoms with E-state index in [0.29, 0.717) is 0 Å². The van der Waals surface area contributed by atoms with E-state index >= 15 is 0 Å². The van der Waals surface area contributed by atoms with E-state index in [1.165, 1.54) is 4.88 Å². The Balaban J connectivity index is 1.92. The van der Waals surface area contributed by atoms with Crippen LogP contribution in [0.15, 0.2) is 12.1 Å². The molecule has 3 nitrogen and oxygen atoms in total. The summed E-state index contributed by atoms with van der Waals surface area (Å²) in [4.78, 5) is 4.70. The molecule has 0 spiro atoms. The Morgan fingerprint density at radius 2 is 2.21 bits per heavy atom. The maximum Gasteiger partial charge on any atom is 0.104 e. The number of hydrogen-bond acceptors (Lipinski definition) is 4. The number of aliphatic hydroxyl groups excluding tert-OH is 1. The second-order valence-corrected chi connectivity index (χ2v) is 6.52. The molecule has 1 fully saturated rings.